The van der Waals surface area contributed by atoms with Gasteiger partial charge in [-0.25, -0.2) is 9.18 Å². The summed E-state index contributed by atoms with van der Waals surface area (Å²) in [5, 5.41) is 6.14. The third-order valence-electron chi connectivity index (χ3n) is 3.77. The molecule has 2 amide bonds. The Morgan fingerprint density at radius 2 is 1.83 bits per heavy atom. The molecule has 2 aliphatic heterocycles. The van der Waals surface area contributed by atoms with Crippen LogP contribution in [0.5, 0.6) is 0 Å². The van der Waals surface area contributed by atoms with Crippen molar-refractivity contribution in [2.45, 2.75) is 0 Å². The molecule has 2 aliphatic rings. The predicted molar refractivity (Wildman–Crippen MR) is 66.8 cm³/mol. The second kappa shape index (κ2) is 4.57. The molecule has 5 heteroatoms. The molecule has 0 aromatic heterocycles. The van der Waals surface area contributed by atoms with Crippen LogP contribution < -0.4 is 10.6 Å². The summed E-state index contributed by atoms with van der Waals surface area (Å²) in [4.78, 5) is 13.9. The molecule has 0 radical (unpaired) electrons. The number of nitrogens with zero attached hydrogens (tertiary/aromatic N) is 1. The van der Waals surface area contributed by atoms with Gasteiger partial charge in [-0.2, -0.15) is 0 Å². The van der Waals surface area contributed by atoms with E-state index in [9.17, 15) is 9.18 Å². The molecule has 2 atom stereocenters. The van der Waals surface area contributed by atoms with Crippen LogP contribution in [0.25, 0.3) is 0 Å². The van der Waals surface area contributed by atoms with E-state index in [-0.39, 0.29) is 11.8 Å². The predicted octanol–water partition coefficient (Wildman–Crippen LogP) is 1.51. The average Bonchev–Trinajstić information content (AvgIpc) is 2.92. The largest absolute Gasteiger partial charge is 0.324 e. The fourth-order valence-electron chi connectivity index (χ4n) is 2.76. The number of carbonyl (C=O) groups excluding carboxylic acids is 1. The summed E-state index contributed by atoms with van der Waals surface area (Å²) >= 11 is 0. The zero-order valence-electron chi connectivity index (χ0n) is 10.0. The third-order valence-corrected chi connectivity index (χ3v) is 3.77. The fraction of sp³-hybridized carbons (Fsp3) is 0.462. The van der Waals surface area contributed by atoms with Gasteiger partial charge in [-0.15, -0.1) is 0 Å². The number of hydrogen-bond donors (Lipinski definition) is 2. The van der Waals surface area contributed by atoms with Crippen molar-refractivity contribution in [3.63, 3.8) is 0 Å². The first-order chi connectivity index (χ1) is 8.72. The lowest BCUT2D eigenvalue weighted by Crippen LogP contribution is -2.35. The number of likely N-dealkylation sites (tertiary alicyclic amines) is 1. The summed E-state index contributed by atoms with van der Waals surface area (Å²) in [7, 11) is 0. The molecule has 1 aromatic carbocycles. The molecule has 0 aliphatic carbocycles. The van der Waals surface area contributed by atoms with Crippen LogP contribution in [0.15, 0.2) is 24.3 Å². The first kappa shape index (κ1) is 11.5. The van der Waals surface area contributed by atoms with Gasteiger partial charge in [-0.3, -0.25) is 0 Å². The lowest BCUT2D eigenvalue weighted by atomic mass is 10.0. The van der Waals surface area contributed by atoms with Crippen molar-refractivity contribution >= 4 is 11.7 Å². The molecule has 96 valence electrons. The Morgan fingerprint density at radius 3 is 2.44 bits per heavy atom. The molecular formula is C13H16FN3O. The molecular weight excluding hydrogens is 233 g/mol. The molecule has 3 rings (SSSR count). The second-order valence-corrected chi connectivity index (χ2v) is 5.02. The van der Waals surface area contributed by atoms with Crippen LogP contribution >= 0.6 is 0 Å². The smallest absolute Gasteiger partial charge is 0.321 e. The van der Waals surface area contributed by atoms with Crippen molar-refractivity contribution < 1.29 is 9.18 Å². The van der Waals surface area contributed by atoms with E-state index in [1.165, 1.54) is 12.1 Å². The molecule has 0 bridgehead atoms. The van der Waals surface area contributed by atoms with Crippen LogP contribution in [0.2, 0.25) is 0 Å². The van der Waals surface area contributed by atoms with E-state index in [2.05, 4.69) is 10.6 Å². The van der Waals surface area contributed by atoms with Gasteiger partial charge >= 0.3 is 6.03 Å². The maximum absolute atomic E-state index is 12.8. The third kappa shape index (κ3) is 2.18. The lowest BCUT2D eigenvalue weighted by molar-refractivity contribution is 0.219. The second-order valence-electron chi connectivity index (χ2n) is 5.02. The Morgan fingerprint density at radius 1 is 1.22 bits per heavy atom. The number of nitrogens with one attached hydrogen (secondary N) is 2. The van der Waals surface area contributed by atoms with Crippen molar-refractivity contribution in [3.8, 4) is 0 Å². The number of rotatable bonds is 1. The highest BCUT2D eigenvalue weighted by Crippen LogP contribution is 2.26. The van der Waals surface area contributed by atoms with E-state index >= 15 is 0 Å². The Hall–Kier alpha value is -1.62. The first-order valence-corrected chi connectivity index (χ1v) is 6.24. The zero-order valence-corrected chi connectivity index (χ0v) is 10.0. The number of urea groups is 1. The van der Waals surface area contributed by atoms with Gasteiger partial charge in [0, 0.05) is 31.9 Å². The van der Waals surface area contributed by atoms with Gasteiger partial charge in [-0.05, 0) is 36.1 Å². The van der Waals surface area contributed by atoms with Crippen LogP contribution in [-0.2, 0) is 0 Å². The Bertz CT molecular complexity index is 436. The maximum atomic E-state index is 12.8. The molecule has 2 N–H and O–H groups in total. The minimum absolute atomic E-state index is 0.0870. The Labute approximate surface area is 105 Å². The molecule has 2 unspecified atom stereocenters. The zero-order chi connectivity index (χ0) is 12.5. The van der Waals surface area contributed by atoms with Crippen LogP contribution in [0, 0.1) is 17.7 Å². The molecule has 4 nitrogen and oxygen atoms in total. The lowest BCUT2D eigenvalue weighted by Gasteiger charge is -2.18. The first-order valence-electron chi connectivity index (χ1n) is 6.24. The summed E-state index contributed by atoms with van der Waals surface area (Å²) in [6, 6.07) is 5.75. The van der Waals surface area contributed by atoms with Gasteiger partial charge in [0.05, 0.1) is 0 Å². The van der Waals surface area contributed by atoms with Crippen molar-refractivity contribution in [1.82, 2.24) is 10.2 Å². The van der Waals surface area contributed by atoms with E-state index in [1.807, 2.05) is 4.90 Å². The van der Waals surface area contributed by atoms with Gasteiger partial charge in [-0.1, -0.05) is 0 Å². The number of amides is 2. The van der Waals surface area contributed by atoms with Gasteiger partial charge in [0.25, 0.3) is 0 Å². The minimum atomic E-state index is -0.297. The van der Waals surface area contributed by atoms with Gasteiger partial charge in [0.1, 0.15) is 5.82 Å². The van der Waals surface area contributed by atoms with E-state index in [4.69, 9.17) is 0 Å². The number of hydrogen-bond acceptors (Lipinski definition) is 2. The molecule has 0 saturated carbocycles. The van der Waals surface area contributed by atoms with Crippen molar-refractivity contribution in [3.05, 3.63) is 30.1 Å². The van der Waals surface area contributed by atoms with Crippen LogP contribution in [0.1, 0.15) is 0 Å². The van der Waals surface area contributed by atoms with Gasteiger partial charge in [0.15, 0.2) is 0 Å². The van der Waals surface area contributed by atoms with E-state index < -0.39 is 0 Å². The SMILES string of the molecule is O=C(Nc1ccc(F)cc1)N1CC2CNCC2C1. The van der Waals surface area contributed by atoms with E-state index in [0.29, 0.717) is 17.5 Å². The van der Waals surface area contributed by atoms with E-state index in [1.54, 1.807) is 12.1 Å². The fourth-order valence-corrected chi connectivity index (χ4v) is 2.76. The number of halogens is 1. The normalized spacial score (nSPS) is 26.2. The Kier molecular flexibility index (Phi) is 2.91. The monoisotopic (exact) mass is 249 g/mol. The number of anilines is 1. The number of carbonyl (C=O) groups is 1. The van der Waals surface area contributed by atoms with Gasteiger partial charge < -0.3 is 15.5 Å². The summed E-state index contributed by atoms with van der Waals surface area (Å²) in [5.41, 5.74) is 0.636. The maximum Gasteiger partial charge on any atom is 0.321 e. The minimum Gasteiger partial charge on any atom is -0.324 e. The number of benzene rings is 1. The van der Waals surface area contributed by atoms with Crippen LogP contribution in [0.4, 0.5) is 14.9 Å². The number of fused-ring (bicyclic) bond motifs is 1. The van der Waals surface area contributed by atoms with E-state index in [0.717, 1.165) is 26.2 Å². The average molecular weight is 249 g/mol. The van der Waals surface area contributed by atoms with Crippen molar-refractivity contribution in [1.29, 1.82) is 0 Å². The standard InChI is InChI=1S/C13H16FN3O/c14-11-1-3-12(4-2-11)16-13(18)17-7-9-5-15-6-10(9)8-17/h1-4,9-10,15H,5-8H2,(H,16,18). The highest BCUT2D eigenvalue weighted by atomic mass is 19.1. The Balaban J connectivity index is 1.60. The van der Waals surface area contributed by atoms with Gasteiger partial charge in [0.2, 0.25) is 0 Å². The molecule has 1 aromatic rings. The molecule has 0 spiro atoms. The van der Waals surface area contributed by atoms with Crippen molar-refractivity contribution in [2.75, 3.05) is 31.5 Å². The molecule has 2 fully saturated rings. The molecule has 2 heterocycles. The summed E-state index contributed by atoms with van der Waals surface area (Å²) in [6.45, 7) is 3.63. The summed E-state index contributed by atoms with van der Waals surface area (Å²) in [5.74, 6) is 0.878. The topological polar surface area (TPSA) is 44.4 Å². The molecule has 2 saturated heterocycles. The van der Waals surface area contributed by atoms with Crippen molar-refractivity contribution in [2.24, 2.45) is 11.8 Å². The van der Waals surface area contributed by atoms with Crippen LogP contribution in [-0.4, -0.2) is 37.1 Å². The quantitative estimate of drug-likeness (QED) is 0.792. The highest BCUT2D eigenvalue weighted by molar-refractivity contribution is 5.89. The van der Waals surface area contributed by atoms with Crippen LogP contribution in [0.3, 0.4) is 0 Å². The molecule has 18 heavy (non-hydrogen) atoms. The highest BCUT2D eigenvalue weighted by Gasteiger charge is 2.37. The summed E-state index contributed by atoms with van der Waals surface area (Å²) < 4.78 is 12.8. The summed E-state index contributed by atoms with van der Waals surface area (Å²) in [6.07, 6.45) is 0.